The van der Waals surface area contributed by atoms with Gasteiger partial charge in [-0.2, -0.15) is 0 Å². The number of ether oxygens (including phenoxy) is 2. The van der Waals surface area contributed by atoms with Gasteiger partial charge in [0.15, 0.2) is 6.10 Å². The summed E-state index contributed by atoms with van der Waals surface area (Å²) in [5.41, 5.74) is 5.41. The maximum absolute atomic E-state index is 12.8. The quantitative estimate of drug-likeness (QED) is 0.0264. The molecular weight excluding hydrogens is 1120 g/mol. The third-order valence-electron chi connectivity index (χ3n) is 17.4. The highest BCUT2D eigenvalue weighted by molar-refractivity contribution is 7.47. The zero-order chi connectivity index (χ0) is 64.4. The highest BCUT2D eigenvalue weighted by atomic mass is 31.2. The Morgan fingerprint density at radius 3 is 0.933 bits per heavy atom. The van der Waals surface area contributed by atoms with Crippen LogP contribution in [0.25, 0.3) is 0 Å². The highest BCUT2D eigenvalue weighted by Crippen LogP contribution is 2.43. The zero-order valence-corrected chi connectivity index (χ0v) is 59.8. The predicted octanol–water partition coefficient (Wildman–Crippen LogP) is 25.8. The topological polar surface area (TPSA) is 134 Å². The van der Waals surface area contributed by atoms with E-state index in [4.69, 9.17) is 24.3 Å². The lowest BCUT2D eigenvalue weighted by Gasteiger charge is -2.19. The number of allylic oxidation sites excluding steroid dienone is 10. The molecule has 2 atom stereocenters. The number of hydrogen-bond donors (Lipinski definition) is 2. The second-order valence-electron chi connectivity index (χ2n) is 26.2. The molecule has 0 saturated carbocycles. The third-order valence-corrected chi connectivity index (χ3v) is 18.4. The maximum atomic E-state index is 12.8. The Labute approximate surface area is 552 Å². The average Bonchev–Trinajstić information content (AvgIpc) is 3.68. The number of hydrogen-bond acceptors (Lipinski definition) is 8. The molecule has 0 aromatic carbocycles. The summed E-state index contributed by atoms with van der Waals surface area (Å²) in [6, 6.07) is 0. The summed E-state index contributed by atoms with van der Waals surface area (Å²) < 4.78 is 33.3. The number of phosphoric acid groups is 1. The molecule has 89 heavy (non-hydrogen) atoms. The third kappa shape index (κ3) is 74.6. The number of rotatable bonds is 74. The number of carbonyl (C=O) groups excluding carboxylic acids is 2. The number of phosphoric ester groups is 1. The summed E-state index contributed by atoms with van der Waals surface area (Å²) in [6.45, 7) is 3.71. The van der Waals surface area contributed by atoms with E-state index in [-0.39, 0.29) is 38.6 Å². The number of carbonyl (C=O) groups is 2. The van der Waals surface area contributed by atoms with Crippen molar-refractivity contribution in [2.75, 3.05) is 26.4 Å². The molecule has 0 radical (unpaired) electrons. The Morgan fingerprint density at radius 1 is 0.348 bits per heavy atom. The fourth-order valence-corrected chi connectivity index (χ4v) is 12.5. The van der Waals surface area contributed by atoms with Gasteiger partial charge in [0.2, 0.25) is 0 Å². The first-order valence-corrected chi connectivity index (χ1v) is 40.3. The lowest BCUT2D eigenvalue weighted by Crippen LogP contribution is -2.29. The van der Waals surface area contributed by atoms with Gasteiger partial charge in [-0.1, -0.05) is 370 Å². The normalized spacial score (nSPS) is 13.2. The molecule has 0 aromatic rings. The van der Waals surface area contributed by atoms with Crippen LogP contribution in [0.3, 0.4) is 0 Å². The SMILES string of the molecule is CC/C=C\C/C=C\C/C=C\C/C=C\CCCCCCCCCCCCCCCCCCCCCCCCCCC(=O)OC(COC(=O)CCCCCCCCCCCCCCCCCCCCC/C=C\CCCCCCCCCC)COP(=O)(O)OCCN. The van der Waals surface area contributed by atoms with E-state index in [0.29, 0.717) is 6.42 Å². The summed E-state index contributed by atoms with van der Waals surface area (Å²) in [6.07, 6.45) is 97.8. The van der Waals surface area contributed by atoms with E-state index in [2.05, 4.69) is 74.6 Å². The van der Waals surface area contributed by atoms with Crippen LogP contribution in [0, 0.1) is 0 Å². The zero-order valence-electron chi connectivity index (χ0n) is 58.9. The standard InChI is InChI=1S/C79H148NO8P/c1-3-5-7-9-11-13-15-17-19-21-23-25-27-29-31-33-35-36-37-38-39-40-42-44-46-48-50-52-54-56-58-60-62-64-66-68-70-72-79(82)88-77(76-87-89(83,84)86-74-73-80)75-85-78(81)71-69-67-65-63-61-59-57-55-53-51-49-47-45-43-41-34-32-30-28-26-24-22-20-18-16-14-12-10-8-6-4-2/h5,7,11,13,17,19,22-25,77H,3-4,6,8-10,12,14-16,18,20-21,26-76,80H2,1-2H3,(H,83,84)/b7-5-,13-11-,19-17-,24-22-,25-23-. The number of esters is 2. The second-order valence-corrected chi connectivity index (χ2v) is 27.7. The first-order valence-electron chi connectivity index (χ1n) is 38.8. The van der Waals surface area contributed by atoms with Crippen molar-refractivity contribution < 1.29 is 37.6 Å². The lowest BCUT2D eigenvalue weighted by atomic mass is 10.0. The molecule has 522 valence electrons. The van der Waals surface area contributed by atoms with Gasteiger partial charge in [0, 0.05) is 19.4 Å². The molecular formula is C79H148NO8P. The van der Waals surface area contributed by atoms with Crippen molar-refractivity contribution in [1.29, 1.82) is 0 Å². The Hall–Kier alpha value is -2.29. The summed E-state index contributed by atoms with van der Waals surface area (Å²) in [7, 11) is -4.39. The Bertz CT molecular complexity index is 1640. The molecule has 0 aromatic heterocycles. The summed E-state index contributed by atoms with van der Waals surface area (Å²) in [5, 5.41) is 0. The van der Waals surface area contributed by atoms with E-state index < -0.39 is 26.5 Å². The fourth-order valence-electron chi connectivity index (χ4n) is 11.7. The maximum Gasteiger partial charge on any atom is 0.472 e. The largest absolute Gasteiger partial charge is 0.472 e. The minimum atomic E-state index is -4.39. The van der Waals surface area contributed by atoms with Gasteiger partial charge in [0.05, 0.1) is 13.2 Å². The average molecular weight is 1270 g/mol. The van der Waals surface area contributed by atoms with E-state index in [0.717, 1.165) is 57.8 Å². The Kier molecular flexibility index (Phi) is 72.8. The van der Waals surface area contributed by atoms with Crippen molar-refractivity contribution in [3.8, 4) is 0 Å². The minimum absolute atomic E-state index is 0.0556. The molecule has 2 unspecified atom stereocenters. The van der Waals surface area contributed by atoms with E-state index in [9.17, 15) is 19.0 Å². The summed E-state index contributed by atoms with van der Waals surface area (Å²) in [5.74, 6) is -0.804. The van der Waals surface area contributed by atoms with Gasteiger partial charge in [0.1, 0.15) is 6.61 Å². The van der Waals surface area contributed by atoms with Gasteiger partial charge in [-0.25, -0.2) is 4.57 Å². The number of nitrogens with two attached hydrogens (primary N) is 1. The molecule has 3 N–H and O–H groups in total. The molecule has 0 saturated heterocycles. The molecule has 0 bridgehead atoms. The van der Waals surface area contributed by atoms with Crippen LogP contribution >= 0.6 is 7.82 Å². The van der Waals surface area contributed by atoms with Crippen LogP contribution in [0.2, 0.25) is 0 Å². The Balaban J connectivity index is 3.77. The number of unbranched alkanes of at least 4 members (excludes halogenated alkanes) is 51. The molecule has 0 spiro atoms. The van der Waals surface area contributed by atoms with Crippen molar-refractivity contribution in [3.05, 3.63) is 60.8 Å². The molecule has 10 heteroatoms. The first-order chi connectivity index (χ1) is 43.8. The summed E-state index contributed by atoms with van der Waals surface area (Å²) in [4.78, 5) is 35.4. The van der Waals surface area contributed by atoms with Crippen molar-refractivity contribution >= 4 is 19.8 Å². The fraction of sp³-hybridized carbons (Fsp3) is 0.848. The molecule has 0 amide bonds. The van der Waals surface area contributed by atoms with Gasteiger partial charge in [-0.15, -0.1) is 0 Å². The molecule has 0 aliphatic heterocycles. The molecule has 9 nitrogen and oxygen atoms in total. The van der Waals surface area contributed by atoms with E-state index in [1.165, 1.54) is 308 Å². The smallest absolute Gasteiger partial charge is 0.462 e. The monoisotopic (exact) mass is 1270 g/mol. The van der Waals surface area contributed by atoms with Gasteiger partial charge in [-0.05, 0) is 77.0 Å². The van der Waals surface area contributed by atoms with Crippen LogP contribution in [-0.4, -0.2) is 49.3 Å². The van der Waals surface area contributed by atoms with Crippen LogP contribution in [0.1, 0.15) is 399 Å². The molecule has 0 aliphatic carbocycles. The van der Waals surface area contributed by atoms with Crippen LogP contribution in [-0.2, 0) is 32.7 Å². The van der Waals surface area contributed by atoms with Crippen LogP contribution in [0.5, 0.6) is 0 Å². The Morgan fingerprint density at radius 2 is 0.618 bits per heavy atom. The van der Waals surface area contributed by atoms with Crippen molar-refractivity contribution in [1.82, 2.24) is 0 Å². The van der Waals surface area contributed by atoms with Gasteiger partial charge in [0.25, 0.3) is 0 Å². The van der Waals surface area contributed by atoms with Gasteiger partial charge in [-0.3, -0.25) is 18.6 Å². The minimum Gasteiger partial charge on any atom is -0.462 e. The van der Waals surface area contributed by atoms with E-state index in [1.807, 2.05) is 0 Å². The van der Waals surface area contributed by atoms with Gasteiger partial charge >= 0.3 is 19.8 Å². The first kappa shape index (κ1) is 86.7. The van der Waals surface area contributed by atoms with Crippen molar-refractivity contribution in [2.24, 2.45) is 5.73 Å². The van der Waals surface area contributed by atoms with Crippen molar-refractivity contribution in [2.45, 2.75) is 405 Å². The second kappa shape index (κ2) is 74.7. The van der Waals surface area contributed by atoms with Crippen molar-refractivity contribution in [3.63, 3.8) is 0 Å². The van der Waals surface area contributed by atoms with Gasteiger partial charge < -0.3 is 20.1 Å². The van der Waals surface area contributed by atoms with Crippen LogP contribution in [0.15, 0.2) is 60.8 Å². The summed E-state index contributed by atoms with van der Waals surface area (Å²) >= 11 is 0. The van der Waals surface area contributed by atoms with Crippen LogP contribution in [0.4, 0.5) is 0 Å². The molecule has 0 heterocycles. The van der Waals surface area contributed by atoms with E-state index >= 15 is 0 Å². The van der Waals surface area contributed by atoms with E-state index in [1.54, 1.807) is 0 Å². The highest BCUT2D eigenvalue weighted by Gasteiger charge is 2.26. The lowest BCUT2D eigenvalue weighted by molar-refractivity contribution is -0.161. The van der Waals surface area contributed by atoms with Crippen LogP contribution < -0.4 is 5.73 Å². The molecule has 0 aliphatic rings. The molecule has 0 rings (SSSR count). The predicted molar refractivity (Wildman–Crippen MR) is 386 cm³/mol. The molecule has 0 fully saturated rings.